The summed E-state index contributed by atoms with van der Waals surface area (Å²) in [6.07, 6.45) is 10.1. The summed E-state index contributed by atoms with van der Waals surface area (Å²) < 4.78 is 18.8. The summed E-state index contributed by atoms with van der Waals surface area (Å²) in [5.74, 6) is 1.32. The summed E-state index contributed by atoms with van der Waals surface area (Å²) >= 11 is 2.51. The number of fused-ring (bicyclic) bond motifs is 2. The number of carbonyl (C=O) groups excluding carboxylic acids is 1. The molecule has 2 atom stereocenters. The Bertz CT molecular complexity index is 1340. The van der Waals surface area contributed by atoms with Crippen LogP contribution in [0.5, 0.6) is 0 Å². The fraction of sp³-hybridized carbons (Fsp3) is 0.607. The number of hydrogen-bond donors (Lipinski definition) is 3. The predicted molar refractivity (Wildman–Crippen MR) is 154 cm³/mol. The third-order valence-electron chi connectivity index (χ3n) is 8.43. The van der Waals surface area contributed by atoms with E-state index in [1.165, 1.54) is 17.5 Å². The highest BCUT2D eigenvalue weighted by atomic mass is 32.2. The Balaban J connectivity index is 0.000000567. The monoisotopic (exact) mass is 569 g/mol. The topological polar surface area (TPSA) is 121 Å². The molecule has 2 unspecified atom stereocenters. The van der Waals surface area contributed by atoms with Gasteiger partial charge in [-0.1, -0.05) is 25.6 Å². The zero-order valence-electron chi connectivity index (χ0n) is 22.7. The maximum absolute atomic E-state index is 13.5. The van der Waals surface area contributed by atoms with Gasteiger partial charge < -0.3 is 9.69 Å². The van der Waals surface area contributed by atoms with E-state index in [0.29, 0.717) is 24.6 Å². The van der Waals surface area contributed by atoms with Gasteiger partial charge in [-0.2, -0.15) is 5.26 Å². The molecule has 0 radical (unpaired) electrons. The van der Waals surface area contributed by atoms with Gasteiger partial charge in [0.15, 0.2) is 5.82 Å². The van der Waals surface area contributed by atoms with Gasteiger partial charge in [-0.25, -0.2) is 9.37 Å². The van der Waals surface area contributed by atoms with Crippen molar-refractivity contribution in [2.24, 2.45) is 17.3 Å². The number of halogens is 1. The molecule has 1 aliphatic heterocycles. The number of alkyl halides is 1. The third kappa shape index (κ3) is 5.53. The second kappa shape index (κ2) is 10.6. The molecule has 39 heavy (non-hydrogen) atoms. The molecular weight excluding hydrogens is 533 g/mol. The second-order valence-electron chi connectivity index (χ2n) is 11.9. The highest BCUT2D eigenvalue weighted by molar-refractivity contribution is 8.26. The summed E-state index contributed by atoms with van der Waals surface area (Å²) in [6.45, 7) is 5.49. The smallest absolute Gasteiger partial charge is 0.169 e. The van der Waals surface area contributed by atoms with Gasteiger partial charge in [0, 0.05) is 29.0 Å². The first-order valence-electron chi connectivity index (χ1n) is 13.5. The molecule has 0 spiro atoms. The molecule has 0 bridgehead atoms. The van der Waals surface area contributed by atoms with E-state index in [4.69, 9.17) is 10.8 Å². The van der Waals surface area contributed by atoms with Gasteiger partial charge in [0.05, 0.1) is 28.4 Å². The summed E-state index contributed by atoms with van der Waals surface area (Å²) in [5.41, 5.74) is 1.30. The molecule has 3 N–H and O–H groups in total. The van der Waals surface area contributed by atoms with Gasteiger partial charge in [-0.3, -0.25) is 19.9 Å². The van der Waals surface area contributed by atoms with Gasteiger partial charge in [-0.05, 0) is 81.6 Å². The van der Waals surface area contributed by atoms with E-state index < -0.39 is 11.0 Å². The van der Waals surface area contributed by atoms with E-state index in [1.807, 2.05) is 30.6 Å². The lowest BCUT2D eigenvalue weighted by Crippen LogP contribution is -2.33. The maximum atomic E-state index is 13.5. The Morgan fingerprint density at radius 3 is 2.62 bits per heavy atom. The predicted octanol–water partition coefficient (Wildman–Crippen LogP) is 5.21. The zero-order chi connectivity index (χ0) is 28.0. The van der Waals surface area contributed by atoms with Crippen LogP contribution in [0.1, 0.15) is 63.8 Å². The van der Waals surface area contributed by atoms with Crippen molar-refractivity contribution in [2.75, 3.05) is 26.8 Å². The van der Waals surface area contributed by atoms with E-state index in [2.05, 4.69) is 33.8 Å². The first-order chi connectivity index (χ1) is 18.6. The Morgan fingerprint density at radius 2 is 2.05 bits per heavy atom. The van der Waals surface area contributed by atoms with Crippen molar-refractivity contribution in [3.05, 3.63) is 29.8 Å². The van der Waals surface area contributed by atoms with Crippen LogP contribution in [0.15, 0.2) is 23.4 Å². The normalized spacial score (nSPS) is 25.7. The number of aromatic nitrogens is 2. The Kier molecular flexibility index (Phi) is 7.70. The number of aldehydes is 1. The molecule has 3 saturated carbocycles. The largest absolute Gasteiger partial charge is 0.306 e. The number of carbonyl (C=O) groups is 1. The Hall–Kier alpha value is -2.26. The molecule has 11 heteroatoms. The summed E-state index contributed by atoms with van der Waals surface area (Å²) in [6, 6.07) is 4.48. The standard InChI is InChI=1S/C24H28FN7S2.C4H8O/c1-31-7-6-24(9-15(24)11-31)17-8-16(34-30-23(13-25)4-5-23)12-32-18(17)10-29-20(32)19(27)33-21(28)22(14-26)2-3-22;1-4(2)3-5/h8,10,12,15,27-28,30H,2-7,9,11,13H2,1H3;3-4H,1-2H3. The molecule has 1 saturated heterocycles. The van der Waals surface area contributed by atoms with Gasteiger partial charge in [0.25, 0.3) is 0 Å². The first-order valence-corrected chi connectivity index (χ1v) is 15.2. The number of nitrogens with one attached hydrogen (secondary N) is 3. The van der Waals surface area contributed by atoms with Gasteiger partial charge in [0.1, 0.15) is 23.4 Å². The minimum absolute atomic E-state index is 0.139. The Morgan fingerprint density at radius 1 is 1.33 bits per heavy atom. The minimum Gasteiger partial charge on any atom is -0.306 e. The Labute approximate surface area is 237 Å². The average molecular weight is 570 g/mol. The van der Waals surface area contributed by atoms with Crippen LogP contribution in [0.3, 0.4) is 0 Å². The maximum Gasteiger partial charge on any atom is 0.169 e. The van der Waals surface area contributed by atoms with Crippen molar-refractivity contribution in [3.63, 3.8) is 0 Å². The van der Waals surface area contributed by atoms with Gasteiger partial charge >= 0.3 is 0 Å². The van der Waals surface area contributed by atoms with Crippen molar-refractivity contribution >= 4 is 45.6 Å². The third-order valence-corrected chi connectivity index (χ3v) is 10.4. The van der Waals surface area contributed by atoms with Crippen LogP contribution in [-0.4, -0.2) is 63.0 Å². The molecule has 2 aromatic rings. The quantitative estimate of drug-likeness (QED) is 0.173. The number of likely N-dealkylation sites (tertiary alicyclic amines) is 1. The van der Waals surface area contributed by atoms with Crippen LogP contribution < -0.4 is 4.72 Å². The van der Waals surface area contributed by atoms with E-state index >= 15 is 0 Å². The average Bonchev–Trinajstić information content (AvgIpc) is 3.85. The van der Waals surface area contributed by atoms with Crippen molar-refractivity contribution in [2.45, 2.75) is 68.2 Å². The number of nitriles is 1. The molecule has 3 aliphatic carbocycles. The lowest BCUT2D eigenvalue weighted by molar-refractivity contribution is -0.110. The number of piperidine rings is 1. The van der Waals surface area contributed by atoms with Crippen LogP contribution in [0.4, 0.5) is 4.39 Å². The molecule has 2 aromatic heterocycles. The molecule has 0 amide bonds. The van der Waals surface area contributed by atoms with Crippen molar-refractivity contribution < 1.29 is 9.18 Å². The van der Waals surface area contributed by atoms with Crippen LogP contribution >= 0.6 is 23.7 Å². The lowest BCUT2D eigenvalue weighted by Gasteiger charge is -2.30. The van der Waals surface area contributed by atoms with E-state index in [1.54, 1.807) is 0 Å². The lowest BCUT2D eigenvalue weighted by atomic mass is 9.87. The van der Waals surface area contributed by atoms with Crippen LogP contribution in [-0.2, 0) is 10.2 Å². The molecule has 4 fully saturated rings. The molecule has 4 aliphatic rings. The highest BCUT2D eigenvalue weighted by Crippen LogP contribution is 2.60. The summed E-state index contributed by atoms with van der Waals surface area (Å²) in [7, 11) is 2.18. The number of rotatable bonds is 8. The second-order valence-corrected chi connectivity index (χ2v) is 13.8. The van der Waals surface area contributed by atoms with Gasteiger partial charge in [-0.15, -0.1) is 0 Å². The molecular formula is C28H36FN7OS2. The minimum atomic E-state index is -0.709. The molecule has 8 nitrogen and oxygen atoms in total. The van der Waals surface area contributed by atoms with Crippen LogP contribution in [0.25, 0.3) is 5.52 Å². The number of hydrogen-bond acceptors (Lipinski definition) is 9. The van der Waals surface area contributed by atoms with Crippen LogP contribution in [0, 0.1) is 39.4 Å². The fourth-order valence-electron chi connectivity index (χ4n) is 5.28. The van der Waals surface area contributed by atoms with Gasteiger partial charge in [0.2, 0.25) is 0 Å². The molecule has 0 aromatic carbocycles. The SMILES string of the molecule is CC(C)C=O.CN1CCC2(c3cc(SNC4(CF)CC4)cn4c(C(=N)SC(=N)C5(C#N)CC5)ncc34)CC2C1. The molecule has 6 rings (SSSR count). The van der Waals surface area contributed by atoms with Crippen molar-refractivity contribution in [1.29, 1.82) is 16.1 Å². The van der Waals surface area contributed by atoms with E-state index in [-0.39, 0.29) is 28.1 Å². The number of nitrogens with zero attached hydrogens (tertiary/aromatic N) is 4. The first kappa shape index (κ1) is 28.3. The number of thioether (sulfide) groups is 1. The summed E-state index contributed by atoms with van der Waals surface area (Å²) in [4.78, 5) is 17.5. The number of imidazole rings is 1. The molecule has 208 valence electrons. The van der Waals surface area contributed by atoms with E-state index in [9.17, 15) is 14.4 Å². The van der Waals surface area contributed by atoms with E-state index in [0.717, 1.165) is 67.2 Å². The van der Waals surface area contributed by atoms with Crippen molar-refractivity contribution in [1.82, 2.24) is 19.0 Å². The fourth-order valence-corrected chi connectivity index (χ4v) is 7.10. The highest BCUT2D eigenvalue weighted by Gasteiger charge is 2.58. The zero-order valence-corrected chi connectivity index (χ0v) is 24.4. The molecule has 3 heterocycles. The number of pyridine rings is 1. The van der Waals surface area contributed by atoms with Crippen molar-refractivity contribution in [3.8, 4) is 6.07 Å². The van der Waals surface area contributed by atoms with Crippen LogP contribution in [0.2, 0.25) is 0 Å². The summed E-state index contributed by atoms with van der Waals surface area (Å²) in [5, 5.41) is 26.9.